The highest BCUT2D eigenvalue weighted by molar-refractivity contribution is 5.54. The molecule has 0 aliphatic rings. The standard InChI is InChI=1S/C15H17NO4/c1-19-13-6-10(7-14(20-2)15(13)18)9-16-11-4-3-5-12(17)8-11/h3-8,16-18H,9H2,1-2H3. The maximum atomic E-state index is 9.83. The first-order chi connectivity index (χ1) is 9.63. The van der Waals surface area contributed by atoms with E-state index >= 15 is 0 Å². The monoisotopic (exact) mass is 275 g/mol. The smallest absolute Gasteiger partial charge is 0.200 e. The fraction of sp³-hybridized carbons (Fsp3) is 0.200. The summed E-state index contributed by atoms with van der Waals surface area (Å²) in [5, 5.41) is 22.4. The highest BCUT2D eigenvalue weighted by atomic mass is 16.5. The van der Waals surface area contributed by atoms with Gasteiger partial charge in [-0.2, -0.15) is 0 Å². The van der Waals surface area contributed by atoms with Gasteiger partial charge in [-0.15, -0.1) is 0 Å². The van der Waals surface area contributed by atoms with Crippen LogP contribution in [0.25, 0.3) is 0 Å². The molecule has 0 bridgehead atoms. The zero-order valence-electron chi connectivity index (χ0n) is 11.4. The third kappa shape index (κ3) is 3.06. The lowest BCUT2D eigenvalue weighted by atomic mass is 10.1. The van der Waals surface area contributed by atoms with Crippen molar-refractivity contribution in [3.63, 3.8) is 0 Å². The number of phenolic OH excluding ortho intramolecular Hbond substituents is 2. The second kappa shape index (κ2) is 6.06. The number of hydrogen-bond acceptors (Lipinski definition) is 5. The van der Waals surface area contributed by atoms with Gasteiger partial charge in [-0.25, -0.2) is 0 Å². The van der Waals surface area contributed by atoms with E-state index in [1.807, 2.05) is 6.07 Å². The quantitative estimate of drug-likeness (QED) is 0.782. The average molecular weight is 275 g/mol. The van der Waals surface area contributed by atoms with Crippen molar-refractivity contribution in [2.24, 2.45) is 0 Å². The third-order valence-corrected chi connectivity index (χ3v) is 2.88. The summed E-state index contributed by atoms with van der Waals surface area (Å²) >= 11 is 0. The molecule has 0 saturated heterocycles. The summed E-state index contributed by atoms with van der Waals surface area (Å²) in [6.45, 7) is 0.510. The zero-order valence-corrected chi connectivity index (χ0v) is 11.4. The lowest BCUT2D eigenvalue weighted by Crippen LogP contribution is -2.00. The Bertz CT molecular complexity index is 573. The lowest BCUT2D eigenvalue weighted by molar-refractivity contribution is 0.339. The Balaban J connectivity index is 2.17. The predicted molar refractivity (Wildman–Crippen MR) is 76.6 cm³/mol. The maximum Gasteiger partial charge on any atom is 0.200 e. The van der Waals surface area contributed by atoms with Crippen molar-refractivity contribution in [2.45, 2.75) is 6.54 Å². The molecule has 2 aromatic rings. The van der Waals surface area contributed by atoms with Gasteiger partial charge >= 0.3 is 0 Å². The second-order valence-electron chi connectivity index (χ2n) is 4.25. The second-order valence-corrected chi connectivity index (χ2v) is 4.25. The van der Waals surface area contributed by atoms with E-state index in [4.69, 9.17) is 9.47 Å². The molecule has 5 heteroatoms. The minimum absolute atomic E-state index is 0.0175. The Labute approximate surface area is 117 Å². The van der Waals surface area contributed by atoms with Crippen LogP contribution in [0.2, 0.25) is 0 Å². The highest BCUT2D eigenvalue weighted by Crippen LogP contribution is 2.37. The fourth-order valence-electron chi connectivity index (χ4n) is 1.87. The van der Waals surface area contributed by atoms with Crippen LogP contribution in [0.3, 0.4) is 0 Å². The highest BCUT2D eigenvalue weighted by Gasteiger charge is 2.11. The molecule has 0 aliphatic heterocycles. The van der Waals surface area contributed by atoms with Crippen LogP contribution >= 0.6 is 0 Å². The van der Waals surface area contributed by atoms with Gasteiger partial charge in [-0.1, -0.05) is 6.07 Å². The van der Waals surface area contributed by atoms with E-state index in [1.54, 1.807) is 30.3 Å². The first-order valence-corrected chi connectivity index (χ1v) is 6.11. The first kappa shape index (κ1) is 13.9. The Hall–Kier alpha value is -2.56. The van der Waals surface area contributed by atoms with Gasteiger partial charge in [0.2, 0.25) is 5.75 Å². The van der Waals surface area contributed by atoms with Crippen molar-refractivity contribution in [3.05, 3.63) is 42.0 Å². The summed E-state index contributed by atoms with van der Waals surface area (Å²) < 4.78 is 10.2. The lowest BCUT2D eigenvalue weighted by Gasteiger charge is -2.12. The van der Waals surface area contributed by atoms with E-state index in [2.05, 4.69) is 5.32 Å². The topological polar surface area (TPSA) is 71.0 Å². The molecule has 2 aromatic carbocycles. The molecule has 2 rings (SSSR count). The number of nitrogens with one attached hydrogen (secondary N) is 1. The first-order valence-electron chi connectivity index (χ1n) is 6.11. The van der Waals surface area contributed by atoms with Crippen molar-refractivity contribution in [1.82, 2.24) is 0 Å². The van der Waals surface area contributed by atoms with Gasteiger partial charge < -0.3 is 25.0 Å². The van der Waals surface area contributed by atoms with Gasteiger partial charge in [0, 0.05) is 18.3 Å². The van der Waals surface area contributed by atoms with Gasteiger partial charge in [-0.05, 0) is 29.8 Å². The predicted octanol–water partition coefficient (Wildman–Crippen LogP) is 2.73. The molecule has 0 radical (unpaired) electrons. The summed E-state index contributed by atoms with van der Waals surface area (Å²) in [6.07, 6.45) is 0. The molecule has 106 valence electrons. The molecular formula is C15H17NO4. The molecule has 0 spiro atoms. The number of phenols is 2. The number of aromatic hydroxyl groups is 2. The van der Waals surface area contributed by atoms with Crippen LogP contribution in [-0.2, 0) is 6.54 Å². The summed E-state index contributed by atoms with van der Waals surface area (Å²) in [6, 6.07) is 10.3. The summed E-state index contributed by atoms with van der Waals surface area (Å²) in [4.78, 5) is 0. The molecule has 0 aliphatic carbocycles. The maximum absolute atomic E-state index is 9.83. The van der Waals surface area contributed by atoms with Crippen molar-refractivity contribution in [3.8, 4) is 23.0 Å². The Morgan fingerprint density at radius 3 is 2.20 bits per heavy atom. The van der Waals surface area contributed by atoms with Gasteiger partial charge in [0.15, 0.2) is 11.5 Å². The minimum atomic E-state index is -0.0175. The van der Waals surface area contributed by atoms with Gasteiger partial charge in [0.1, 0.15) is 5.75 Å². The van der Waals surface area contributed by atoms with Gasteiger partial charge in [-0.3, -0.25) is 0 Å². The fourth-order valence-corrected chi connectivity index (χ4v) is 1.87. The molecule has 0 fully saturated rings. The number of anilines is 1. The van der Waals surface area contributed by atoms with Crippen LogP contribution in [0.15, 0.2) is 36.4 Å². The van der Waals surface area contributed by atoms with E-state index in [-0.39, 0.29) is 11.5 Å². The van der Waals surface area contributed by atoms with Crippen LogP contribution in [0, 0.1) is 0 Å². The largest absolute Gasteiger partial charge is 0.508 e. The minimum Gasteiger partial charge on any atom is -0.508 e. The molecule has 3 N–H and O–H groups in total. The van der Waals surface area contributed by atoms with Crippen LogP contribution in [0.4, 0.5) is 5.69 Å². The Kier molecular flexibility index (Phi) is 4.20. The van der Waals surface area contributed by atoms with Crippen molar-refractivity contribution in [2.75, 3.05) is 19.5 Å². The van der Waals surface area contributed by atoms with Gasteiger partial charge in [0.05, 0.1) is 14.2 Å². The van der Waals surface area contributed by atoms with Crippen molar-refractivity contribution >= 4 is 5.69 Å². The van der Waals surface area contributed by atoms with E-state index in [1.165, 1.54) is 14.2 Å². The van der Waals surface area contributed by atoms with Crippen molar-refractivity contribution in [1.29, 1.82) is 0 Å². The van der Waals surface area contributed by atoms with Crippen LogP contribution in [-0.4, -0.2) is 24.4 Å². The van der Waals surface area contributed by atoms with E-state index in [9.17, 15) is 10.2 Å². The molecule has 0 heterocycles. The summed E-state index contributed by atoms with van der Waals surface area (Å²) in [7, 11) is 2.97. The van der Waals surface area contributed by atoms with Crippen LogP contribution < -0.4 is 14.8 Å². The van der Waals surface area contributed by atoms with Gasteiger partial charge in [0.25, 0.3) is 0 Å². The van der Waals surface area contributed by atoms with Crippen LogP contribution in [0.5, 0.6) is 23.0 Å². The number of hydrogen-bond donors (Lipinski definition) is 3. The third-order valence-electron chi connectivity index (χ3n) is 2.88. The number of rotatable bonds is 5. The summed E-state index contributed by atoms with van der Waals surface area (Å²) in [5.41, 5.74) is 1.69. The Morgan fingerprint density at radius 1 is 1.00 bits per heavy atom. The molecule has 0 aromatic heterocycles. The number of benzene rings is 2. The molecular weight excluding hydrogens is 258 g/mol. The molecule has 0 amide bonds. The van der Waals surface area contributed by atoms with Crippen molar-refractivity contribution < 1.29 is 19.7 Å². The number of ether oxygens (including phenoxy) is 2. The molecule has 20 heavy (non-hydrogen) atoms. The molecule has 0 saturated carbocycles. The summed E-state index contributed by atoms with van der Waals surface area (Å²) in [5.74, 6) is 0.904. The molecule has 0 atom stereocenters. The van der Waals surface area contributed by atoms with E-state index in [0.29, 0.717) is 18.0 Å². The molecule has 5 nitrogen and oxygen atoms in total. The SMILES string of the molecule is COc1cc(CNc2cccc(O)c2)cc(OC)c1O. The van der Waals surface area contributed by atoms with Crippen LogP contribution in [0.1, 0.15) is 5.56 Å². The zero-order chi connectivity index (χ0) is 14.5. The Morgan fingerprint density at radius 2 is 1.65 bits per heavy atom. The normalized spacial score (nSPS) is 10.1. The average Bonchev–Trinajstić information content (AvgIpc) is 2.46. The van der Waals surface area contributed by atoms with E-state index < -0.39 is 0 Å². The van der Waals surface area contributed by atoms with E-state index in [0.717, 1.165) is 11.3 Å². The molecule has 0 unspecified atom stereocenters. The number of methoxy groups -OCH3 is 2.